The summed E-state index contributed by atoms with van der Waals surface area (Å²) in [5.74, 6) is 1.00. The molecule has 0 aliphatic carbocycles. The summed E-state index contributed by atoms with van der Waals surface area (Å²) < 4.78 is 5.66. The highest BCUT2D eigenvalue weighted by atomic mass is 16.5. The average Bonchev–Trinajstić information content (AvgIpc) is 2.42. The van der Waals surface area contributed by atoms with E-state index in [0.29, 0.717) is 0 Å². The van der Waals surface area contributed by atoms with Crippen molar-refractivity contribution in [1.82, 2.24) is 9.80 Å². The first-order valence-corrected chi connectivity index (χ1v) is 7.88. The van der Waals surface area contributed by atoms with E-state index in [2.05, 4.69) is 18.7 Å². The van der Waals surface area contributed by atoms with E-state index < -0.39 is 0 Å². The summed E-state index contributed by atoms with van der Waals surface area (Å²) in [6, 6.07) is 0.213. The predicted octanol–water partition coefficient (Wildman–Crippen LogP) is 2.24. The molecule has 1 rings (SSSR count). The molecule has 20 heavy (non-hydrogen) atoms. The number of nitrogens with zero attached hydrogens (tertiary/aromatic N) is 2. The van der Waals surface area contributed by atoms with Gasteiger partial charge in [-0.15, -0.1) is 0 Å². The number of hydrogen-bond donors (Lipinski definition) is 0. The summed E-state index contributed by atoms with van der Waals surface area (Å²) in [6.07, 6.45) is 2.36. The van der Waals surface area contributed by atoms with Gasteiger partial charge in [0.05, 0.1) is 12.1 Å². The first-order chi connectivity index (χ1) is 9.36. The van der Waals surface area contributed by atoms with Crippen LogP contribution in [0, 0.1) is 11.8 Å². The first kappa shape index (κ1) is 17.4. The highest BCUT2D eigenvalue weighted by Gasteiger charge is 2.34. The zero-order valence-electron chi connectivity index (χ0n) is 14.1. The Balaban J connectivity index is 2.57. The minimum atomic E-state index is 0.0523. The molecule has 0 unspecified atom stereocenters. The third-order valence-corrected chi connectivity index (χ3v) is 4.27. The van der Waals surface area contributed by atoms with Gasteiger partial charge in [0.25, 0.3) is 0 Å². The van der Waals surface area contributed by atoms with Crippen LogP contribution >= 0.6 is 0 Å². The van der Waals surface area contributed by atoms with E-state index in [-0.39, 0.29) is 24.0 Å². The maximum atomic E-state index is 12.2. The van der Waals surface area contributed by atoms with Gasteiger partial charge in [-0.05, 0) is 25.3 Å². The molecule has 1 heterocycles. The van der Waals surface area contributed by atoms with Gasteiger partial charge >= 0.3 is 0 Å². The van der Waals surface area contributed by atoms with Gasteiger partial charge in [-0.1, -0.05) is 27.7 Å². The maximum absolute atomic E-state index is 12.2. The lowest BCUT2D eigenvalue weighted by molar-refractivity contribution is -0.140. The van der Waals surface area contributed by atoms with Crippen LogP contribution in [0.1, 0.15) is 40.5 Å². The number of likely N-dealkylation sites (tertiary alicyclic amines) is 1. The summed E-state index contributed by atoms with van der Waals surface area (Å²) in [4.78, 5) is 16.5. The van der Waals surface area contributed by atoms with Gasteiger partial charge in [-0.2, -0.15) is 0 Å². The highest BCUT2D eigenvalue weighted by molar-refractivity contribution is 5.78. The lowest BCUT2D eigenvalue weighted by Gasteiger charge is -2.42. The number of hydrogen-bond acceptors (Lipinski definition) is 3. The SMILES string of the molecule is CO[C@H]1CN(CCC(C)C)CC[C@H]1N(C)C(=O)C(C)C. The number of amides is 1. The molecule has 0 spiro atoms. The standard InChI is InChI=1S/C16H32N2O2/c1-12(2)7-9-18-10-8-14(15(11-18)20-6)17(5)16(19)13(3)4/h12-15H,7-11H2,1-6H3/t14-,15+/m1/s1. The summed E-state index contributed by atoms with van der Waals surface area (Å²) >= 11 is 0. The second-order valence-corrected chi connectivity index (χ2v) is 6.72. The summed E-state index contributed by atoms with van der Waals surface area (Å²) in [7, 11) is 3.68. The van der Waals surface area contributed by atoms with Crippen molar-refractivity contribution in [2.24, 2.45) is 11.8 Å². The second kappa shape index (κ2) is 7.99. The maximum Gasteiger partial charge on any atom is 0.225 e. The van der Waals surface area contributed by atoms with Crippen LogP contribution in [0.2, 0.25) is 0 Å². The van der Waals surface area contributed by atoms with E-state index in [4.69, 9.17) is 4.74 Å². The van der Waals surface area contributed by atoms with Crippen molar-refractivity contribution in [3.8, 4) is 0 Å². The summed E-state index contributed by atoms with van der Waals surface area (Å²) in [5, 5.41) is 0. The highest BCUT2D eigenvalue weighted by Crippen LogP contribution is 2.20. The Kier molecular flexibility index (Phi) is 6.96. The molecular weight excluding hydrogens is 252 g/mol. The van der Waals surface area contributed by atoms with Gasteiger partial charge in [0.1, 0.15) is 0 Å². The minimum Gasteiger partial charge on any atom is -0.378 e. The molecule has 2 atom stereocenters. The fourth-order valence-corrected chi connectivity index (χ4v) is 2.86. The second-order valence-electron chi connectivity index (χ2n) is 6.72. The van der Waals surface area contributed by atoms with Gasteiger partial charge in [-0.3, -0.25) is 4.79 Å². The Morgan fingerprint density at radius 1 is 1.35 bits per heavy atom. The number of rotatable bonds is 6. The molecule has 0 radical (unpaired) electrons. The van der Waals surface area contributed by atoms with Gasteiger partial charge < -0.3 is 14.5 Å². The fraction of sp³-hybridized carbons (Fsp3) is 0.938. The molecule has 4 heteroatoms. The quantitative estimate of drug-likeness (QED) is 0.750. The van der Waals surface area contributed by atoms with E-state index in [9.17, 15) is 4.79 Å². The number of carbonyl (C=O) groups is 1. The summed E-state index contributed by atoms with van der Waals surface area (Å²) in [5.41, 5.74) is 0. The van der Waals surface area contributed by atoms with E-state index in [0.717, 1.165) is 32.0 Å². The van der Waals surface area contributed by atoms with Crippen molar-refractivity contribution in [3.05, 3.63) is 0 Å². The van der Waals surface area contributed by atoms with Crippen molar-refractivity contribution in [3.63, 3.8) is 0 Å². The zero-order valence-corrected chi connectivity index (χ0v) is 14.1. The van der Waals surface area contributed by atoms with Gasteiger partial charge in [0.2, 0.25) is 5.91 Å². The van der Waals surface area contributed by atoms with Gasteiger partial charge in [0.15, 0.2) is 0 Å². The largest absolute Gasteiger partial charge is 0.378 e. The van der Waals surface area contributed by atoms with Gasteiger partial charge in [-0.25, -0.2) is 0 Å². The smallest absolute Gasteiger partial charge is 0.225 e. The lowest BCUT2D eigenvalue weighted by Crippen LogP contribution is -2.56. The van der Waals surface area contributed by atoms with Crippen molar-refractivity contribution >= 4 is 5.91 Å². The average molecular weight is 284 g/mol. The van der Waals surface area contributed by atoms with Crippen molar-refractivity contribution < 1.29 is 9.53 Å². The zero-order chi connectivity index (χ0) is 15.3. The van der Waals surface area contributed by atoms with E-state index >= 15 is 0 Å². The van der Waals surface area contributed by atoms with Crippen molar-refractivity contribution in [2.75, 3.05) is 33.8 Å². The molecule has 118 valence electrons. The van der Waals surface area contributed by atoms with E-state index in [1.165, 1.54) is 6.42 Å². The van der Waals surface area contributed by atoms with Crippen LogP contribution in [0.3, 0.4) is 0 Å². The Morgan fingerprint density at radius 2 is 2.00 bits per heavy atom. The number of carbonyl (C=O) groups excluding carboxylic acids is 1. The topological polar surface area (TPSA) is 32.8 Å². The minimum absolute atomic E-state index is 0.0523. The van der Waals surface area contributed by atoms with Crippen molar-refractivity contribution in [2.45, 2.75) is 52.7 Å². The Hall–Kier alpha value is -0.610. The number of likely N-dealkylation sites (N-methyl/N-ethyl adjacent to an activating group) is 1. The third kappa shape index (κ3) is 4.74. The van der Waals surface area contributed by atoms with Crippen LogP contribution in [0.5, 0.6) is 0 Å². The predicted molar refractivity (Wildman–Crippen MR) is 82.7 cm³/mol. The molecule has 0 bridgehead atoms. The molecule has 0 aromatic carbocycles. The Morgan fingerprint density at radius 3 is 2.50 bits per heavy atom. The number of ether oxygens (including phenoxy) is 1. The van der Waals surface area contributed by atoms with Crippen LogP contribution in [-0.4, -0.2) is 61.6 Å². The van der Waals surface area contributed by atoms with Gasteiger partial charge in [0, 0.05) is 33.2 Å². The molecule has 1 aliphatic heterocycles. The Labute approximate surface area is 124 Å². The van der Waals surface area contributed by atoms with E-state index in [1.807, 2.05) is 25.8 Å². The molecule has 1 aliphatic rings. The normalized spacial score (nSPS) is 24.4. The van der Waals surface area contributed by atoms with Crippen LogP contribution < -0.4 is 0 Å². The number of methoxy groups -OCH3 is 1. The molecule has 4 nitrogen and oxygen atoms in total. The first-order valence-electron chi connectivity index (χ1n) is 7.88. The molecule has 0 aromatic rings. The molecule has 1 amide bonds. The monoisotopic (exact) mass is 284 g/mol. The van der Waals surface area contributed by atoms with E-state index in [1.54, 1.807) is 7.11 Å². The van der Waals surface area contributed by atoms with Crippen molar-refractivity contribution in [1.29, 1.82) is 0 Å². The fourth-order valence-electron chi connectivity index (χ4n) is 2.86. The van der Waals surface area contributed by atoms with Crippen LogP contribution in [0.15, 0.2) is 0 Å². The Bertz CT molecular complexity index is 305. The summed E-state index contributed by atoms with van der Waals surface area (Å²) in [6.45, 7) is 11.6. The third-order valence-electron chi connectivity index (χ3n) is 4.27. The molecule has 0 N–H and O–H groups in total. The molecule has 1 fully saturated rings. The van der Waals surface area contributed by atoms with Crippen LogP contribution in [0.4, 0.5) is 0 Å². The van der Waals surface area contributed by atoms with Crippen LogP contribution in [-0.2, 0) is 9.53 Å². The number of piperidine rings is 1. The molecular formula is C16H32N2O2. The molecule has 1 saturated heterocycles. The lowest BCUT2D eigenvalue weighted by atomic mass is 9.98. The molecule has 0 saturated carbocycles. The molecule has 0 aromatic heterocycles. The van der Waals surface area contributed by atoms with Crippen LogP contribution in [0.25, 0.3) is 0 Å².